The van der Waals surface area contributed by atoms with Crippen LogP contribution < -0.4 is 5.32 Å². The van der Waals surface area contributed by atoms with Crippen LogP contribution in [-0.4, -0.2) is 40.2 Å². The molecule has 2 aliphatic carbocycles. The Labute approximate surface area is 199 Å². The highest BCUT2D eigenvalue weighted by Crippen LogP contribution is 2.41. The van der Waals surface area contributed by atoms with Gasteiger partial charge in [-0.1, -0.05) is 42.8 Å². The van der Waals surface area contributed by atoms with Gasteiger partial charge in [0.25, 0.3) is 5.91 Å². The van der Waals surface area contributed by atoms with E-state index < -0.39 is 11.6 Å². The lowest BCUT2D eigenvalue weighted by atomic mass is 9.79. The molecule has 3 aliphatic rings. The van der Waals surface area contributed by atoms with E-state index in [0.29, 0.717) is 30.9 Å². The summed E-state index contributed by atoms with van der Waals surface area (Å²) in [6, 6.07) is 16.5. The Morgan fingerprint density at radius 3 is 2.62 bits per heavy atom. The first-order valence-electron chi connectivity index (χ1n) is 11.9. The molecule has 174 valence electrons. The normalized spacial score (nSPS) is 22.2. The molecule has 1 saturated carbocycles. The lowest BCUT2D eigenvalue weighted by Gasteiger charge is -2.39. The van der Waals surface area contributed by atoms with Gasteiger partial charge in [0.15, 0.2) is 0 Å². The lowest BCUT2D eigenvalue weighted by molar-refractivity contribution is -0.142. The molecule has 5 rings (SSSR count). The van der Waals surface area contributed by atoms with E-state index in [4.69, 9.17) is 5.26 Å². The van der Waals surface area contributed by atoms with Crippen LogP contribution >= 0.6 is 0 Å². The molecule has 2 atom stereocenters. The van der Waals surface area contributed by atoms with Gasteiger partial charge in [-0.15, -0.1) is 0 Å². The van der Waals surface area contributed by atoms with Crippen molar-refractivity contribution < 1.29 is 14.4 Å². The van der Waals surface area contributed by atoms with Crippen molar-refractivity contribution in [2.24, 2.45) is 5.92 Å². The van der Waals surface area contributed by atoms with Crippen LogP contribution in [0.5, 0.6) is 0 Å². The van der Waals surface area contributed by atoms with Gasteiger partial charge >= 0.3 is 6.03 Å². The number of rotatable bonds is 6. The Bertz CT molecular complexity index is 1180. The van der Waals surface area contributed by atoms with Crippen molar-refractivity contribution >= 4 is 17.8 Å². The first-order chi connectivity index (χ1) is 16.4. The van der Waals surface area contributed by atoms with E-state index in [-0.39, 0.29) is 24.4 Å². The maximum Gasteiger partial charge on any atom is 0.325 e. The Balaban J connectivity index is 1.37. The number of carbonyl (C=O) groups excluding carboxylic acids is 3. The molecule has 1 aliphatic heterocycles. The summed E-state index contributed by atoms with van der Waals surface area (Å²) in [5.74, 6) is -0.167. The van der Waals surface area contributed by atoms with E-state index in [1.165, 1.54) is 0 Å². The third-order valence-electron chi connectivity index (χ3n) is 7.80. The molecule has 0 radical (unpaired) electrons. The van der Waals surface area contributed by atoms with E-state index in [0.717, 1.165) is 40.9 Å². The summed E-state index contributed by atoms with van der Waals surface area (Å²) in [6.07, 6.45) is 4.52. The molecule has 1 N–H and O–H groups in total. The van der Waals surface area contributed by atoms with Crippen molar-refractivity contribution in [2.45, 2.75) is 57.2 Å². The zero-order valence-electron chi connectivity index (χ0n) is 19.3. The maximum absolute atomic E-state index is 13.6. The van der Waals surface area contributed by atoms with Crippen molar-refractivity contribution in [3.05, 3.63) is 70.8 Å². The minimum Gasteiger partial charge on any atom is -0.334 e. The number of aryl methyl sites for hydroxylation is 1. The summed E-state index contributed by atoms with van der Waals surface area (Å²) in [7, 11) is 0. The van der Waals surface area contributed by atoms with Crippen molar-refractivity contribution in [2.75, 3.05) is 6.54 Å². The molecule has 1 heterocycles. The number of hydrogen-bond acceptors (Lipinski definition) is 4. The Morgan fingerprint density at radius 1 is 1.21 bits per heavy atom. The zero-order chi connectivity index (χ0) is 23.9. The molecule has 1 saturated heterocycles. The molecule has 2 aromatic rings. The van der Waals surface area contributed by atoms with Gasteiger partial charge in [0.2, 0.25) is 5.91 Å². The molecule has 0 bridgehead atoms. The van der Waals surface area contributed by atoms with Crippen LogP contribution in [0.25, 0.3) is 0 Å². The second-order valence-electron chi connectivity index (χ2n) is 9.65. The van der Waals surface area contributed by atoms with Gasteiger partial charge in [-0.3, -0.25) is 14.5 Å². The number of imide groups is 1. The summed E-state index contributed by atoms with van der Waals surface area (Å²) >= 11 is 0. The van der Waals surface area contributed by atoms with Crippen LogP contribution in [0.2, 0.25) is 0 Å². The van der Waals surface area contributed by atoms with E-state index in [9.17, 15) is 14.4 Å². The van der Waals surface area contributed by atoms with Gasteiger partial charge < -0.3 is 10.2 Å². The molecule has 7 heteroatoms. The minimum absolute atomic E-state index is 0.00109. The fourth-order valence-electron chi connectivity index (χ4n) is 5.48. The third kappa shape index (κ3) is 3.63. The second-order valence-corrected chi connectivity index (χ2v) is 9.65. The van der Waals surface area contributed by atoms with E-state index >= 15 is 0 Å². The largest absolute Gasteiger partial charge is 0.334 e. The van der Waals surface area contributed by atoms with E-state index in [1.807, 2.05) is 43.3 Å². The SMILES string of the molecule is C[C@@H](C1CCC1)N(Cc1ccc(C#N)cc1)C(=O)CN1C(=O)NC2(CCc3ccccc32)C1=O. The summed E-state index contributed by atoms with van der Waals surface area (Å²) < 4.78 is 0. The number of nitrogens with one attached hydrogen (secondary N) is 1. The number of urea groups is 1. The van der Waals surface area contributed by atoms with E-state index in [2.05, 4.69) is 11.4 Å². The number of nitriles is 1. The van der Waals surface area contributed by atoms with Gasteiger partial charge in [-0.25, -0.2) is 4.79 Å². The van der Waals surface area contributed by atoms with Crippen LogP contribution in [0, 0.1) is 17.2 Å². The number of hydrogen-bond donors (Lipinski definition) is 1. The summed E-state index contributed by atoms with van der Waals surface area (Å²) in [4.78, 5) is 42.8. The fourth-order valence-corrected chi connectivity index (χ4v) is 5.48. The van der Waals surface area contributed by atoms with Crippen molar-refractivity contribution in [1.82, 2.24) is 15.1 Å². The number of amides is 4. The quantitative estimate of drug-likeness (QED) is 0.674. The molecule has 1 unspecified atom stereocenters. The zero-order valence-corrected chi connectivity index (χ0v) is 19.3. The Hall–Kier alpha value is -3.66. The van der Waals surface area contributed by atoms with Gasteiger partial charge in [0.1, 0.15) is 12.1 Å². The number of benzene rings is 2. The van der Waals surface area contributed by atoms with Gasteiger partial charge in [-0.2, -0.15) is 5.26 Å². The Morgan fingerprint density at radius 2 is 1.94 bits per heavy atom. The molecule has 2 aromatic carbocycles. The third-order valence-corrected chi connectivity index (χ3v) is 7.80. The molecular weight excluding hydrogens is 428 g/mol. The Kier molecular flexibility index (Phi) is 5.60. The number of nitrogens with zero attached hydrogens (tertiary/aromatic N) is 3. The molecule has 34 heavy (non-hydrogen) atoms. The first kappa shape index (κ1) is 22.1. The van der Waals surface area contributed by atoms with Crippen LogP contribution in [0.3, 0.4) is 0 Å². The van der Waals surface area contributed by atoms with Crippen molar-refractivity contribution in [3.8, 4) is 6.07 Å². The van der Waals surface area contributed by atoms with Crippen molar-refractivity contribution in [1.29, 1.82) is 5.26 Å². The second kappa shape index (κ2) is 8.60. The van der Waals surface area contributed by atoms with Gasteiger partial charge in [0.05, 0.1) is 11.6 Å². The highest BCUT2D eigenvalue weighted by atomic mass is 16.2. The van der Waals surface area contributed by atoms with Crippen LogP contribution in [0.4, 0.5) is 4.79 Å². The first-order valence-corrected chi connectivity index (χ1v) is 11.9. The standard InChI is InChI=1S/C27H28N4O3/c1-18(21-6-4-7-21)30(16-20-11-9-19(15-28)10-12-20)24(32)17-31-25(33)27(29-26(31)34)14-13-22-5-2-3-8-23(22)27/h2-3,5,8-12,18,21H,4,6-7,13-14,16-17H2,1H3,(H,29,34)/t18-,27?/m0/s1. The molecule has 4 amide bonds. The van der Waals surface area contributed by atoms with Gasteiger partial charge in [-0.05, 0) is 67.3 Å². The average Bonchev–Trinajstić information content (AvgIpc) is 3.29. The molecule has 1 spiro atoms. The summed E-state index contributed by atoms with van der Waals surface area (Å²) in [5, 5.41) is 12.0. The van der Waals surface area contributed by atoms with Crippen LogP contribution in [0.15, 0.2) is 48.5 Å². The topological polar surface area (TPSA) is 93.5 Å². The van der Waals surface area contributed by atoms with Crippen molar-refractivity contribution in [3.63, 3.8) is 0 Å². The fraction of sp³-hybridized carbons (Fsp3) is 0.407. The predicted molar refractivity (Wildman–Crippen MR) is 125 cm³/mol. The number of carbonyl (C=O) groups is 3. The highest BCUT2D eigenvalue weighted by molar-refractivity contribution is 6.09. The highest BCUT2D eigenvalue weighted by Gasteiger charge is 2.55. The number of fused-ring (bicyclic) bond motifs is 2. The van der Waals surface area contributed by atoms with Crippen LogP contribution in [0.1, 0.15) is 54.9 Å². The average molecular weight is 457 g/mol. The van der Waals surface area contributed by atoms with Crippen LogP contribution in [-0.2, 0) is 28.1 Å². The minimum atomic E-state index is -1.06. The predicted octanol–water partition coefficient (Wildman–Crippen LogP) is 3.47. The molecular formula is C27H28N4O3. The maximum atomic E-state index is 13.6. The van der Waals surface area contributed by atoms with Gasteiger partial charge in [0, 0.05) is 12.6 Å². The molecule has 2 fully saturated rings. The summed E-state index contributed by atoms with van der Waals surface area (Å²) in [6.45, 7) is 2.15. The molecule has 7 nitrogen and oxygen atoms in total. The lowest BCUT2D eigenvalue weighted by Crippen LogP contribution is -2.49. The smallest absolute Gasteiger partial charge is 0.325 e. The molecule has 0 aromatic heterocycles. The monoisotopic (exact) mass is 456 g/mol. The van der Waals surface area contributed by atoms with E-state index in [1.54, 1.807) is 17.0 Å². The summed E-state index contributed by atoms with van der Waals surface area (Å²) in [5.41, 5.74) is 2.31.